The van der Waals surface area contributed by atoms with Gasteiger partial charge in [-0.25, -0.2) is 0 Å². The molecule has 5 atom stereocenters. The number of hydrogen-bond donors (Lipinski definition) is 0. The molecule has 15 heavy (non-hydrogen) atoms. The van der Waals surface area contributed by atoms with E-state index in [1.807, 2.05) is 0 Å². The van der Waals surface area contributed by atoms with E-state index in [2.05, 4.69) is 45.7 Å². The van der Waals surface area contributed by atoms with Crippen molar-refractivity contribution >= 4 is 11.8 Å². The molecule has 0 heterocycles. The summed E-state index contributed by atoms with van der Waals surface area (Å²) in [5, 5.41) is 0.900. The third kappa shape index (κ3) is 3.69. The molecule has 0 spiro atoms. The molecule has 1 rings (SSSR count). The Hall–Kier alpha value is 0.350. The molecule has 0 bridgehead atoms. The lowest BCUT2D eigenvalue weighted by atomic mass is 9.75. The first-order chi connectivity index (χ1) is 7.08. The molecule has 0 radical (unpaired) electrons. The van der Waals surface area contributed by atoms with Crippen LogP contribution in [0, 0.1) is 23.7 Å². The van der Waals surface area contributed by atoms with Crippen LogP contribution in [-0.2, 0) is 0 Å². The fraction of sp³-hybridized carbons (Fsp3) is 1.00. The summed E-state index contributed by atoms with van der Waals surface area (Å²) < 4.78 is 0. The van der Waals surface area contributed by atoms with Gasteiger partial charge in [-0.2, -0.15) is 11.8 Å². The van der Waals surface area contributed by atoms with Gasteiger partial charge in [-0.15, -0.1) is 0 Å². The second-order valence-electron chi connectivity index (χ2n) is 5.70. The van der Waals surface area contributed by atoms with Crippen molar-refractivity contribution in [2.45, 2.75) is 58.6 Å². The largest absolute Gasteiger partial charge is 0.162 e. The second-order valence-corrected chi connectivity index (χ2v) is 6.77. The van der Waals surface area contributed by atoms with Crippen LogP contribution in [0.15, 0.2) is 0 Å². The molecule has 1 fully saturated rings. The van der Waals surface area contributed by atoms with Crippen LogP contribution in [0.2, 0.25) is 0 Å². The summed E-state index contributed by atoms with van der Waals surface area (Å²) in [6.45, 7) is 9.74. The highest BCUT2D eigenvalue weighted by molar-refractivity contribution is 7.99. The summed E-state index contributed by atoms with van der Waals surface area (Å²) in [7, 11) is 0. The van der Waals surface area contributed by atoms with Crippen LogP contribution in [0.5, 0.6) is 0 Å². The molecule has 0 amide bonds. The van der Waals surface area contributed by atoms with E-state index in [1.54, 1.807) is 0 Å². The Morgan fingerprint density at radius 2 is 1.73 bits per heavy atom. The van der Waals surface area contributed by atoms with Gasteiger partial charge >= 0.3 is 0 Å². The lowest BCUT2D eigenvalue weighted by Crippen LogP contribution is -2.28. The van der Waals surface area contributed by atoms with E-state index in [9.17, 15) is 0 Å². The van der Waals surface area contributed by atoms with Gasteiger partial charge in [0.2, 0.25) is 0 Å². The van der Waals surface area contributed by atoms with Gasteiger partial charge in [-0.3, -0.25) is 0 Å². The van der Waals surface area contributed by atoms with Gasteiger partial charge in [-0.05, 0) is 49.2 Å². The van der Waals surface area contributed by atoms with Gasteiger partial charge in [0.15, 0.2) is 0 Å². The maximum Gasteiger partial charge on any atom is 0.00750 e. The van der Waals surface area contributed by atoms with Crippen LogP contribution in [-0.4, -0.2) is 11.5 Å². The maximum atomic E-state index is 2.47. The van der Waals surface area contributed by atoms with Crippen LogP contribution in [0.3, 0.4) is 0 Å². The number of rotatable bonds is 2. The smallest absolute Gasteiger partial charge is 0.00750 e. The highest BCUT2D eigenvalue weighted by Gasteiger charge is 2.29. The summed E-state index contributed by atoms with van der Waals surface area (Å²) in [5.41, 5.74) is 0. The van der Waals surface area contributed by atoms with E-state index < -0.39 is 0 Å². The van der Waals surface area contributed by atoms with Crippen molar-refractivity contribution in [3.8, 4) is 0 Å². The van der Waals surface area contributed by atoms with E-state index >= 15 is 0 Å². The molecule has 0 nitrogen and oxygen atoms in total. The molecule has 0 N–H and O–H groups in total. The van der Waals surface area contributed by atoms with Gasteiger partial charge in [0.1, 0.15) is 0 Å². The van der Waals surface area contributed by atoms with Crippen LogP contribution in [0.25, 0.3) is 0 Å². The Labute approximate surface area is 101 Å². The molecule has 0 aromatic heterocycles. The zero-order chi connectivity index (χ0) is 11.4. The first-order valence-electron chi connectivity index (χ1n) is 6.61. The summed E-state index contributed by atoms with van der Waals surface area (Å²) >= 11 is 2.10. The lowest BCUT2D eigenvalue weighted by molar-refractivity contribution is 0.218. The minimum absolute atomic E-state index is 0.900. The van der Waals surface area contributed by atoms with Crippen molar-refractivity contribution in [1.82, 2.24) is 0 Å². The molecule has 1 aliphatic rings. The van der Waals surface area contributed by atoms with Crippen molar-refractivity contribution < 1.29 is 0 Å². The Morgan fingerprint density at radius 1 is 1.07 bits per heavy atom. The Balaban J connectivity index is 2.67. The molecule has 0 aromatic carbocycles. The zero-order valence-corrected chi connectivity index (χ0v) is 11.9. The van der Waals surface area contributed by atoms with E-state index in [-0.39, 0.29) is 0 Å². The normalized spacial score (nSPS) is 43.4. The van der Waals surface area contributed by atoms with E-state index in [4.69, 9.17) is 0 Å². The first kappa shape index (κ1) is 13.4. The van der Waals surface area contributed by atoms with E-state index in [0.29, 0.717) is 0 Å². The molecule has 5 unspecified atom stereocenters. The van der Waals surface area contributed by atoms with E-state index in [1.165, 1.54) is 25.7 Å². The molecule has 1 saturated carbocycles. The average molecular weight is 228 g/mol. The molecule has 0 aliphatic heterocycles. The first-order valence-corrected chi connectivity index (χ1v) is 7.90. The van der Waals surface area contributed by atoms with Gasteiger partial charge in [0.25, 0.3) is 0 Å². The predicted molar refractivity (Wildman–Crippen MR) is 72.4 cm³/mol. The number of thioether (sulfide) groups is 1. The molecule has 0 aromatic rings. The van der Waals surface area contributed by atoms with Crippen LogP contribution in [0.1, 0.15) is 53.4 Å². The quantitative estimate of drug-likeness (QED) is 0.652. The minimum atomic E-state index is 0.900. The number of hydrogen-bond acceptors (Lipinski definition) is 1. The van der Waals surface area contributed by atoms with Crippen molar-refractivity contribution in [2.24, 2.45) is 23.7 Å². The SMILES string of the molecule is CCC1CC(C)CC(C)C(C)C(SC)C1. The van der Waals surface area contributed by atoms with Crippen molar-refractivity contribution in [3.63, 3.8) is 0 Å². The topological polar surface area (TPSA) is 0 Å². The zero-order valence-electron chi connectivity index (χ0n) is 11.1. The van der Waals surface area contributed by atoms with Crippen molar-refractivity contribution in [1.29, 1.82) is 0 Å². The third-order valence-electron chi connectivity index (χ3n) is 4.44. The van der Waals surface area contributed by atoms with Gasteiger partial charge in [-0.1, -0.05) is 34.1 Å². The van der Waals surface area contributed by atoms with Crippen LogP contribution >= 0.6 is 11.8 Å². The lowest BCUT2D eigenvalue weighted by Gasteiger charge is -2.36. The van der Waals surface area contributed by atoms with Gasteiger partial charge in [0.05, 0.1) is 0 Å². The Morgan fingerprint density at radius 3 is 2.27 bits per heavy atom. The van der Waals surface area contributed by atoms with Gasteiger partial charge in [0, 0.05) is 5.25 Å². The van der Waals surface area contributed by atoms with E-state index in [0.717, 1.165) is 28.9 Å². The second kappa shape index (κ2) is 6.18. The molecule has 1 aliphatic carbocycles. The standard InChI is InChI=1S/C14H28S/c1-6-13-8-10(2)7-11(3)12(4)14(9-13)15-5/h10-14H,6-9H2,1-5H3. The molecule has 1 heteroatoms. The summed E-state index contributed by atoms with van der Waals surface area (Å²) in [6, 6.07) is 0. The fourth-order valence-corrected chi connectivity index (χ4v) is 4.33. The highest BCUT2D eigenvalue weighted by atomic mass is 32.2. The molecular weight excluding hydrogens is 200 g/mol. The van der Waals surface area contributed by atoms with Gasteiger partial charge < -0.3 is 0 Å². The average Bonchev–Trinajstić information content (AvgIpc) is 2.21. The van der Waals surface area contributed by atoms with Crippen molar-refractivity contribution in [3.05, 3.63) is 0 Å². The van der Waals surface area contributed by atoms with Crippen LogP contribution in [0.4, 0.5) is 0 Å². The minimum Gasteiger partial charge on any atom is -0.162 e. The van der Waals surface area contributed by atoms with Crippen molar-refractivity contribution in [2.75, 3.05) is 6.26 Å². The summed E-state index contributed by atoms with van der Waals surface area (Å²) in [5.74, 6) is 3.73. The third-order valence-corrected chi connectivity index (χ3v) is 5.67. The maximum absolute atomic E-state index is 2.47. The monoisotopic (exact) mass is 228 g/mol. The van der Waals surface area contributed by atoms with Crippen LogP contribution < -0.4 is 0 Å². The molecular formula is C14H28S. The fourth-order valence-electron chi connectivity index (χ4n) is 3.16. The Kier molecular flexibility index (Phi) is 5.52. The summed E-state index contributed by atoms with van der Waals surface area (Å²) in [4.78, 5) is 0. The highest BCUT2D eigenvalue weighted by Crippen LogP contribution is 2.38. The Bertz CT molecular complexity index is 176. The predicted octanol–water partition coefficient (Wildman–Crippen LogP) is 4.84. The molecule has 0 saturated heterocycles. The molecule has 90 valence electrons. The summed E-state index contributed by atoms with van der Waals surface area (Å²) in [6.07, 6.45) is 8.03.